The first-order chi connectivity index (χ1) is 10.8. The zero-order valence-electron chi connectivity index (χ0n) is 14.3. The van der Waals surface area contributed by atoms with Crippen molar-refractivity contribution < 1.29 is 9.53 Å². The highest BCUT2D eigenvalue weighted by atomic mass is 32.1. The highest BCUT2D eigenvalue weighted by Gasteiger charge is 2.27. The summed E-state index contributed by atoms with van der Waals surface area (Å²) >= 11 is 6.90. The maximum absolute atomic E-state index is 11.9. The van der Waals surface area contributed by atoms with Crippen LogP contribution in [0.15, 0.2) is 0 Å². The molecule has 0 aromatic carbocycles. The van der Waals surface area contributed by atoms with Crippen LogP contribution in [0.25, 0.3) is 0 Å². The first kappa shape index (κ1) is 18.4. The van der Waals surface area contributed by atoms with Crippen molar-refractivity contribution >= 4 is 34.7 Å². The smallest absolute Gasteiger partial charge is 0.310 e. The highest BCUT2D eigenvalue weighted by molar-refractivity contribution is 7.73. The summed E-state index contributed by atoms with van der Waals surface area (Å²) in [5, 5.41) is 8.74. The lowest BCUT2D eigenvalue weighted by atomic mass is 9.99. The number of aromatic nitrogens is 2. The van der Waals surface area contributed by atoms with Crippen molar-refractivity contribution in [2.75, 3.05) is 25.0 Å². The number of likely N-dealkylation sites (tertiary alicyclic amines) is 1. The topological polar surface area (TPSA) is 59.4 Å². The van der Waals surface area contributed by atoms with Crippen LogP contribution < -0.4 is 5.32 Å². The Labute approximate surface area is 146 Å². The van der Waals surface area contributed by atoms with Crippen LogP contribution in [0.1, 0.15) is 40.5 Å². The molecule has 0 spiro atoms. The van der Waals surface area contributed by atoms with E-state index in [1.54, 1.807) is 0 Å². The largest absolute Gasteiger partial charge is 0.466 e. The van der Waals surface area contributed by atoms with E-state index in [4.69, 9.17) is 17.0 Å². The van der Waals surface area contributed by atoms with Gasteiger partial charge in [0.1, 0.15) is 0 Å². The standard InChI is InChI=1S/C15H26N4O2S2/c1-5-21-12(20)11-7-6-8-18(9-11)10-19-14(22)23-13(17-19)16-15(2,3)4/h11H,5-10H2,1-4H3,(H,16,17). The van der Waals surface area contributed by atoms with Crippen molar-refractivity contribution in [3.63, 3.8) is 0 Å². The van der Waals surface area contributed by atoms with E-state index < -0.39 is 0 Å². The van der Waals surface area contributed by atoms with Gasteiger partial charge in [0.25, 0.3) is 0 Å². The Morgan fingerprint density at radius 2 is 2.26 bits per heavy atom. The number of esters is 1. The van der Waals surface area contributed by atoms with E-state index in [0.29, 0.717) is 19.8 Å². The molecule has 1 aromatic rings. The van der Waals surface area contributed by atoms with Gasteiger partial charge in [0.15, 0.2) is 3.95 Å². The number of anilines is 1. The van der Waals surface area contributed by atoms with Crippen molar-refractivity contribution in [1.29, 1.82) is 0 Å². The maximum Gasteiger partial charge on any atom is 0.310 e. The monoisotopic (exact) mass is 358 g/mol. The lowest BCUT2D eigenvalue weighted by Crippen LogP contribution is -2.40. The minimum absolute atomic E-state index is 0.0383. The number of ether oxygens (including phenoxy) is 1. The van der Waals surface area contributed by atoms with Crippen LogP contribution in [0, 0.1) is 9.87 Å². The number of carbonyl (C=O) groups excluding carboxylic acids is 1. The third-order valence-electron chi connectivity index (χ3n) is 3.55. The second kappa shape index (κ2) is 7.72. The SMILES string of the molecule is CCOC(=O)C1CCCN(Cn2nc(NC(C)(C)C)sc2=S)C1. The Balaban J connectivity index is 1.99. The van der Waals surface area contributed by atoms with Crippen LogP contribution in [-0.4, -0.2) is 45.9 Å². The Kier molecular flexibility index (Phi) is 6.16. The first-order valence-electron chi connectivity index (χ1n) is 8.03. The quantitative estimate of drug-likeness (QED) is 0.645. The molecule has 130 valence electrons. The van der Waals surface area contributed by atoms with E-state index in [0.717, 1.165) is 28.5 Å². The predicted molar refractivity (Wildman–Crippen MR) is 95.2 cm³/mol. The molecule has 1 atom stereocenters. The van der Waals surface area contributed by atoms with Gasteiger partial charge in [0.2, 0.25) is 5.13 Å². The Hall–Kier alpha value is -0.990. The van der Waals surface area contributed by atoms with Gasteiger partial charge in [-0.2, -0.15) is 0 Å². The third kappa shape index (κ3) is 5.54. The molecule has 1 N–H and O–H groups in total. The number of nitrogens with zero attached hydrogens (tertiary/aromatic N) is 3. The molecule has 0 amide bonds. The number of carbonyl (C=O) groups is 1. The maximum atomic E-state index is 11.9. The van der Waals surface area contributed by atoms with Gasteiger partial charge in [-0.3, -0.25) is 9.69 Å². The number of nitrogens with one attached hydrogen (secondary N) is 1. The van der Waals surface area contributed by atoms with Crippen molar-refractivity contribution in [3.05, 3.63) is 3.95 Å². The summed E-state index contributed by atoms with van der Waals surface area (Å²) in [5.74, 6) is -0.127. The second-order valence-corrected chi connectivity index (χ2v) is 8.48. The van der Waals surface area contributed by atoms with Crippen LogP contribution in [0.4, 0.5) is 5.13 Å². The van der Waals surface area contributed by atoms with Gasteiger partial charge < -0.3 is 10.1 Å². The van der Waals surface area contributed by atoms with E-state index >= 15 is 0 Å². The summed E-state index contributed by atoms with van der Waals surface area (Å²) in [6, 6.07) is 0. The minimum Gasteiger partial charge on any atom is -0.466 e. The second-order valence-electron chi connectivity index (χ2n) is 6.86. The molecule has 0 bridgehead atoms. The molecule has 0 radical (unpaired) electrons. The molecular formula is C15H26N4O2S2. The summed E-state index contributed by atoms with van der Waals surface area (Å²) in [7, 11) is 0. The summed E-state index contributed by atoms with van der Waals surface area (Å²) in [4.78, 5) is 14.1. The average molecular weight is 359 g/mol. The highest BCUT2D eigenvalue weighted by Crippen LogP contribution is 2.22. The Bertz CT molecular complexity index is 591. The molecule has 1 aliphatic heterocycles. The van der Waals surface area contributed by atoms with Gasteiger partial charge in [-0.25, -0.2) is 4.68 Å². The molecule has 2 heterocycles. The molecule has 2 rings (SSSR count). The van der Waals surface area contributed by atoms with Gasteiger partial charge in [-0.15, -0.1) is 5.10 Å². The van der Waals surface area contributed by atoms with Crippen LogP contribution in [0.5, 0.6) is 0 Å². The summed E-state index contributed by atoms with van der Waals surface area (Å²) < 4.78 is 7.73. The fraction of sp³-hybridized carbons (Fsp3) is 0.800. The summed E-state index contributed by atoms with van der Waals surface area (Å²) in [6.45, 7) is 10.8. The fourth-order valence-corrected chi connectivity index (χ4v) is 3.79. The molecule has 8 heteroatoms. The minimum atomic E-state index is -0.0887. The molecule has 6 nitrogen and oxygen atoms in total. The van der Waals surface area contributed by atoms with Crippen molar-refractivity contribution in [1.82, 2.24) is 14.7 Å². The fourth-order valence-electron chi connectivity index (χ4n) is 2.59. The lowest BCUT2D eigenvalue weighted by molar-refractivity contribution is -0.150. The molecule has 0 aliphatic carbocycles. The van der Waals surface area contributed by atoms with Crippen molar-refractivity contribution in [2.24, 2.45) is 5.92 Å². The van der Waals surface area contributed by atoms with Crippen molar-refractivity contribution in [3.8, 4) is 0 Å². The lowest BCUT2D eigenvalue weighted by Gasteiger charge is -2.31. The van der Waals surface area contributed by atoms with Gasteiger partial charge in [-0.1, -0.05) is 11.3 Å². The zero-order chi connectivity index (χ0) is 17.0. The van der Waals surface area contributed by atoms with Crippen LogP contribution >= 0.6 is 23.6 Å². The van der Waals surface area contributed by atoms with E-state index in [-0.39, 0.29) is 17.4 Å². The Morgan fingerprint density at radius 1 is 1.52 bits per heavy atom. The average Bonchev–Trinajstić information content (AvgIpc) is 2.77. The number of hydrogen-bond acceptors (Lipinski definition) is 7. The molecule has 1 aromatic heterocycles. The molecule has 1 unspecified atom stereocenters. The molecule has 0 saturated carbocycles. The molecule has 1 fully saturated rings. The van der Waals surface area contributed by atoms with E-state index in [2.05, 4.69) is 36.1 Å². The van der Waals surface area contributed by atoms with Crippen molar-refractivity contribution in [2.45, 2.75) is 52.7 Å². The number of hydrogen-bond donors (Lipinski definition) is 1. The number of rotatable bonds is 5. The predicted octanol–water partition coefficient (Wildman–Crippen LogP) is 3.12. The molecular weight excluding hydrogens is 332 g/mol. The zero-order valence-corrected chi connectivity index (χ0v) is 15.9. The molecule has 23 heavy (non-hydrogen) atoms. The first-order valence-corrected chi connectivity index (χ1v) is 9.26. The summed E-state index contributed by atoms with van der Waals surface area (Å²) in [6.07, 6.45) is 1.89. The Morgan fingerprint density at radius 3 is 2.91 bits per heavy atom. The molecule has 1 aliphatic rings. The van der Waals surface area contributed by atoms with Crippen LogP contribution in [0.3, 0.4) is 0 Å². The van der Waals surface area contributed by atoms with E-state index in [1.807, 2.05) is 11.6 Å². The van der Waals surface area contributed by atoms with Gasteiger partial charge >= 0.3 is 5.97 Å². The normalized spacial score (nSPS) is 19.6. The molecule has 1 saturated heterocycles. The van der Waals surface area contributed by atoms with Gasteiger partial charge in [0.05, 0.1) is 19.2 Å². The van der Waals surface area contributed by atoms with E-state index in [1.165, 1.54) is 11.3 Å². The summed E-state index contributed by atoms with van der Waals surface area (Å²) in [5.41, 5.74) is -0.0441. The van der Waals surface area contributed by atoms with Crippen LogP contribution in [0.2, 0.25) is 0 Å². The van der Waals surface area contributed by atoms with E-state index in [9.17, 15) is 4.79 Å². The van der Waals surface area contributed by atoms with Gasteiger partial charge in [-0.05, 0) is 59.3 Å². The number of piperidine rings is 1. The third-order valence-corrected chi connectivity index (χ3v) is 4.77. The van der Waals surface area contributed by atoms with Crippen LogP contribution in [-0.2, 0) is 16.2 Å². The van der Waals surface area contributed by atoms with Gasteiger partial charge in [0, 0.05) is 12.1 Å².